The summed E-state index contributed by atoms with van der Waals surface area (Å²) in [6.45, 7) is 1.62. The number of hydrogen-bond donors (Lipinski definition) is 1. The van der Waals surface area contributed by atoms with Crippen molar-refractivity contribution in [2.75, 3.05) is 26.8 Å². The monoisotopic (exact) mass is 271 g/mol. The fraction of sp³-hybridized carbons (Fsp3) is 0.571. The molecule has 2 rings (SSSR count). The van der Waals surface area contributed by atoms with Gasteiger partial charge in [0.05, 0.1) is 18.3 Å². The molecule has 0 radical (unpaired) electrons. The number of β-amino-alcohol motifs (C(OH)–C–C–N with tert-alkyl or cyclic N) is 1. The number of halogens is 2. The van der Waals surface area contributed by atoms with Crippen LogP contribution in [0, 0.1) is 11.6 Å². The Bertz CT molecular complexity index is 408. The van der Waals surface area contributed by atoms with Crippen molar-refractivity contribution in [3.05, 3.63) is 35.4 Å². The SMILES string of the molecule is COCC1CCCN1CC(O)c1c(F)cccc1F. The zero-order chi connectivity index (χ0) is 13.8. The number of ether oxygens (including phenoxy) is 1. The van der Waals surface area contributed by atoms with E-state index in [1.54, 1.807) is 7.11 Å². The third kappa shape index (κ3) is 3.29. The van der Waals surface area contributed by atoms with E-state index in [0.717, 1.165) is 31.5 Å². The largest absolute Gasteiger partial charge is 0.387 e. The van der Waals surface area contributed by atoms with Gasteiger partial charge in [-0.2, -0.15) is 0 Å². The number of methoxy groups -OCH3 is 1. The maximum atomic E-state index is 13.6. The smallest absolute Gasteiger partial charge is 0.131 e. The minimum Gasteiger partial charge on any atom is -0.387 e. The Labute approximate surface area is 111 Å². The van der Waals surface area contributed by atoms with Gasteiger partial charge in [0.2, 0.25) is 0 Å². The summed E-state index contributed by atoms with van der Waals surface area (Å²) < 4.78 is 32.3. The summed E-state index contributed by atoms with van der Waals surface area (Å²) in [6.07, 6.45) is 0.847. The van der Waals surface area contributed by atoms with Gasteiger partial charge in [0.15, 0.2) is 0 Å². The fourth-order valence-electron chi connectivity index (χ4n) is 2.66. The quantitative estimate of drug-likeness (QED) is 0.890. The van der Waals surface area contributed by atoms with Crippen molar-refractivity contribution in [1.82, 2.24) is 4.90 Å². The predicted octanol–water partition coefficient (Wildman–Crippen LogP) is 2.11. The summed E-state index contributed by atoms with van der Waals surface area (Å²) in [5, 5.41) is 10.1. The fourth-order valence-corrected chi connectivity index (χ4v) is 2.66. The van der Waals surface area contributed by atoms with Crippen molar-refractivity contribution in [2.45, 2.75) is 25.0 Å². The first kappa shape index (κ1) is 14.4. The van der Waals surface area contributed by atoms with Gasteiger partial charge in [-0.3, -0.25) is 4.90 Å². The highest BCUT2D eigenvalue weighted by Crippen LogP contribution is 2.25. The van der Waals surface area contributed by atoms with Gasteiger partial charge in [-0.05, 0) is 31.5 Å². The van der Waals surface area contributed by atoms with Gasteiger partial charge in [0.1, 0.15) is 11.6 Å². The lowest BCUT2D eigenvalue weighted by Gasteiger charge is -2.26. The van der Waals surface area contributed by atoms with E-state index in [4.69, 9.17) is 4.74 Å². The Kier molecular flexibility index (Phi) is 4.85. The summed E-state index contributed by atoms with van der Waals surface area (Å²) in [5.74, 6) is -1.40. The van der Waals surface area contributed by atoms with Crippen molar-refractivity contribution >= 4 is 0 Å². The van der Waals surface area contributed by atoms with Gasteiger partial charge in [0, 0.05) is 19.7 Å². The molecule has 1 aromatic carbocycles. The molecule has 0 spiro atoms. The first-order valence-corrected chi connectivity index (χ1v) is 6.48. The van der Waals surface area contributed by atoms with E-state index in [9.17, 15) is 13.9 Å². The third-order valence-electron chi connectivity index (χ3n) is 3.60. The highest BCUT2D eigenvalue weighted by molar-refractivity contribution is 5.22. The highest BCUT2D eigenvalue weighted by atomic mass is 19.1. The van der Waals surface area contributed by atoms with Crippen LogP contribution in [-0.4, -0.2) is 42.9 Å². The number of likely N-dealkylation sites (tertiary alicyclic amines) is 1. The van der Waals surface area contributed by atoms with Gasteiger partial charge in [-0.1, -0.05) is 6.07 Å². The molecule has 1 aliphatic rings. The number of aliphatic hydroxyl groups excluding tert-OH is 1. The molecule has 1 saturated heterocycles. The molecular weight excluding hydrogens is 252 g/mol. The summed E-state index contributed by atoms with van der Waals surface area (Å²) in [5.41, 5.74) is -0.245. The lowest BCUT2D eigenvalue weighted by atomic mass is 10.1. The number of aliphatic hydroxyl groups is 1. The number of hydrogen-bond acceptors (Lipinski definition) is 3. The van der Waals surface area contributed by atoms with Crippen LogP contribution in [0.25, 0.3) is 0 Å². The first-order valence-electron chi connectivity index (χ1n) is 6.48. The Morgan fingerprint density at radius 1 is 1.42 bits per heavy atom. The molecule has 0 aromatic heterocycles. The molecule has 0 bridgehead atoms. The molecule has 0 saturated carbocycles. The summed E-state index contributed by atoms with van der Waals surface area (Å²) in [7, 11) is 1.63. The zero-order valence-electron chi connectivity index (χ0n) is 11.0. The van der Waals surface area contributed by atoms with Crippen LogP contribution in [0.2, 0.25) is 0 Å². The van der Waals surface area contributed by atoms with Gasteiger partial charge in [0.25, 0.3) is 0 Å². The molecule has 3 nitrogen and oxygen atoms in total. The van der Waals surface area contributed by atoms with Crippen LogP contribution in [0.15, 0.2) is 18.2 Å². The van der Waals surface area contributed by atoms with E-state index in [1.807, 2.05) is 4.90 Å². The Balaban J connectivity index is 2.06. The molecule has 19 heavy (non-hydrogen) atoms. The molecule has 2 atom stereocenters. The van der Waals surface area contributed by atoms with Crippen LogP contribution in [-0.2, 0) is 4.74 Å². The number of nitrogens with zero attached hydrogens (tertiary/aromatic N) is 1. The van der Waals surface area contributed by atoms with E-state index in [0.29, 0.717) is 6.61 Å². The molecule has 1 fully saturated rings. The molecule has 1 N–H and O–H groups in total. The standard InChI is InChI=1S/C14H19F2NO2/c1-19-9-10-4-3-7-17(10)8-13(18)14-11(15)5-2-6-12(14)16/h2,5-6,10,13,18H,3-4,7-9H2,1H3. The van der Waals surface area contributed by atoms with Crippen molar-refractivity contribution in [3.63, 3.8) is 0 Å². The van der Waals surface area contributed by atoms with Crippen molar-refractivity contribution in [1.29, 1.82) is 0 Å². The first-order chi connectivity index (χ1) is 9.13. The number of benzene rings is 1. The van der Waals surface area contributed by atoms with Gasteiger partial charge in [-0.25, -0.2) is 8.78 Å². The van der Waals surface area contributed by atoms with Gasteiger partial charge in [-0.15, -0.1) is 0 Å². The van der Waals surface area contributed by atoms with Crippen LogP contribution < -0.4 is 0 Å². The molecule has 5 heteroatoms. The maximum Gasteiger partial charge on any atom is 0.131 e. The average molecular weight is 271 g/mol. The summed E-state index contributed by atoms with van der Waals surface area (Å²) in [4.78, 5) is 2.03. The Morgan fingerprint density at radius 3 is 2.74 bits per heavy atom. The van der Waals surface area contributed by atoms with E-state index in [2.05, 4.69) is 0 Å². The van der Waals surface area contributed by atoms with Crippen LogP contribution in [0.3, 0.4) is 0 Å². The van der Waals surface area contributed by atoms with Crippen LogP contribution in [0.1, 0.15) is 24.5 Å². The van der Waals surface area contributed by atoms with Crippen LogP contribution in [0.4, 0.5) is 8.78 Å². The molecule has 0 aliphatic carbocycles. The number of rotatable bonds is 5. The molecule has 106 valence electrons. The normalized spacial score (nSPS) is 21.8. The molecule has 2 unspecified atom stereocenters. The maximum absolute atomic E-state index is 13.6. The summed E-state index contributed by atoms with van der Waals surface area (Å²) >= 11 is 0. The van der Waals surface area contributed by atoms with Gasteiger partial charge >= 0.3 is 0 Å². The van der Waals surface area contributed by atoms with Crippen molar-refractivity contribution in [3.8, 4) is 0 Å². The molecular formula is C14H19F2NO2. The third-order valence-corrected chi connectivity index (χ3v) is 3.60. The molecule has 1 aromatic rings. The molecule has 1 heterocycles. The van der Waals surface area contributed by atoms with Crippen molar-refractivity contribution in [2.24, 2.45) is 0 Å². The molecule has 1 aliphatic heterocycles. The van der Waals surface area contributed by atoms with Crippen LogP contribution >= 0.6 is 0 Å². The zero-order valence-corrected chi connectivity index (χ0v) is 11.0. The lowest BCUT2D eigenvalue weighted by molar-refractivity contribution is 0.0672. The summed E-state index contributed by atoms with van der Waals surface area (Å²) in [6, 6.07) is 3.84. The average Bonchev–Trinajstić information content (AvgIpc) is 2.77. The minimum absolute atomic E-state index is 0.217. The highest BCUT2D eigenvalue weighted by Gasteiger charge is 2.28. The molecule has 0 amide bonds. The van der Waals surface area contributed by atoms with E-state index in [1.165, 1.54) is 6.07 Å². The lowest BCUT2D eigenvalue weighted by Crippen LogP contribution is -2.36. The Hall–Kier alpha value is -1.04. The van der Waals surface area contributed by atoms with E-state index in [-0.39, 0.29) is 18.2 Å². The minimum atomic E-state index is -1.15. The second-order valence-electron chi connectivity index (χ2n) is 4.90. The van der Waals surface area contributed by atoms with Gasteiger partial charge < -0.3 is 9.84 Å². The van der Waals surface area contributed by atoms with Crippen LogP contribution in [0.5, 0.6) is 0 Å². The van der Waals surface area contributed by atoms with Crippen molar-refractivity contribution < 1.29 is 18.6 Å². The van der Waals surface area contributed by atoms with E-state index < -0.39 is 17.7 Å². The second-order valence-corrected chi connectivity index (χ2v) is 4.90. The van der Waals surface area contributed by atoms with E-state index >= 15 is 0 Å². The Morgan fingerprint density at radius 2 is 2.11 bits per heavy atom. The predicted molar refractivity (Wildman–Crippen MR) is 67.8 cm³/mol. The second kappa shape index (κ2) is 6.41. The topological polar surface area (TPSA) is 32.7 Å².